The molecule has 2 aromatic carbocycles. The van der Waals surface area contributed by atoms with Gasteiger partial charge >= 0.3 is 0 Å². The summed E-state index contributed by atoms with van der Waals surface area (Å²) < 4.78 is 20.9. The Hall–Kier alpha value is -4.26. The molecular formula is C25H20FN5O. The van der Waals surface area contributed by atoms with E-state index in [-0.39, 0.29) is 11.9 Å². The molecule has 1 N–H and O–H groups in total. The number of halogens is 1. The van der Waals surface area contributed by atoms with E-state index in [1.807, 2.05) is 41.1 Å². The fourth-order valence-electron chi connectivity index (χ4n) is 3.47. The molecule has 0 saturated heterocycles. The highest BCUT2D eigenvalue weighted by Crippen LogP contribution is 2.28. The molecule has 6 nitrogen and oxygen atoms in total. The lowest BCUT2D eigenvalue weighted by atomic mass is 10.1. The minimum atomic E-state index is -0.304. The molecule has 3 aromatic heterocycles. The van der Waals surface area contributed by atoms with Gasteiger partial charge in [-0.1, -0.05) is 30.3 Å². The van der Waals surface area contributed by atoms with E-state index in [1.54, 1.807) is 30.7 Å². The lowest BCUT2D eigenvalue weighted by Crippen LogP contribution is -2.10. The summed E-state index contributed by atoms with van der Waals surface area (Å²) in [5, 5.41) is 3.35. The van der Waals surface area contributed by atoms with Gasteiger partial charge in [-0.05, 0) is 55.0 Å². The molecule has 158 valence electrons. The number of rotatable bonds is 6. The van der Waals surface area contributed by atoms with Gasteiger partial charge in [0.25, 0.3) is 0 Å². The average Bonchev–Trinajstić information content (AvgIpc) is 3.51. The van der Waals surface area contributed by atoms with Gasteiger partial charge in [0.15, 0.2) is 5.76 Å². The Labute approximate surface area is 184 Å². The lowest BCUT2D eigenvalue weighted by Gasteiger charge is -2.15. The molecule has 0 amide bonds. The summed E-state index contributed by atoms with van der Waals surface area (Å²) in [7, 11) is 0. The maximum Gasteiger partial charge on any atom is 0.225 e. The summed E-state index contributed by atoms with van der Waals surface area (Å²) in [6.07, 6.45) is 5.15. The molecule has 0 unspecified atom stereocenters. The molecule has 0 aliphatic rings. The van der Waals surface area contributed by atoms with E-state index >= 15 is 0 Å². The van der Waals surface area contributed by atoms with E-state index in [2.05, 4.69) is 29.4 Å². The molecule has 1 atom stereocenters. The first kappa shape index (κ1) is 19.7. The van der Waals surface area contributed by atoms with Gasteiger partial charge in [-0.3, -0.25) is 4.57 Å². The van der Waals surface area contributed by atoms with Gasteiger partial charge in [0, 0.05) is 18.0 Å². The largest absolute Gasteiger partial charge is 0.463 e. The van der Waals surface area contributed by atoms with Gasteiger partial charge in [0.1, 0.15) is 23.2 Å². The van der Waals surface area contributed by atoms with E-state index in [4.69, 9.17) is 14.4 Å². The summed E-state index contributed by atoms with van der Waals surface area (Å²) >= 11 is 0. The number of anilines is 1. The van der Waals surface area contributed by atoms with Crippen LogP contribution in [0, 0.1) is 5.82 Å². The third-order valence-electron chi connectivity index (χ3n) is 5.11. The molecule has 32 heavy (non-hydrogen) atoms. The van der Waals surface area contributed by atoms with Crippen molar-refractivity contribution in [2.24, 2.45) is 0 Å². The predicted molar refractivity (Wildman–Crippen MR) is 121 cm³/mol. The van der Waals surface area contributed by atoms with Crippen LogP contribution < -0.4 is 5.32 Å². The number of benzene rings is 2. The van der Waals surface area contributed by atoms with Crippen molar-refractivity contribution in [3.05, 3.63) is 103 Å². The molecule has 0 radical (unpaired) electrons. The third-order valence-corrected chi connectivity index (χ3v) is 5.11. The van der Waals surface area contributed by atoms with Crippen LogP contribution in [0.2, 0.25) is 0 Å². The quantitative estimate of drug-likeness (QED) is 0.367. The minimum Gasteiger partial charge on any atom is -0.463 e. The second-order valence-electron chi connectivity index (χ2n) is 7.32. The standard InChI is InChI=1S/C25H20FN5O/c1-17(18-6-3-2-4-7-18)28-25-27-14-13-23(30-25)31-16-21(22-8-5-15-32-22)29-24(31)19-9-11-20(26)12-10-19/h2-17H,1H3,(H,27,28,30)/t17-/m0/s1. The number of imidazole rings is 1. The Kier molecular flexibility index (Phi) is 5.21. The highest BCUT2D eigenvalue weighted by molar-refractivity contribution is 5.64. The normalized spacial score (nSPS) is 11.9. The Balaban J connectivity index is 1.54. The number of nitrogens with zero attached hydrogens (tertiary/aromatic N) is 4. The van der Waals surface area contributed by atoms with Crippen molar-refractivity contribution in [2.45, 2.75) is 13.0 Å². The molecular weight excluding hydrogens is 405 g/mol. The molecule has 0 spiro atoms. The van der Waals surface area contributed by atoms with Crippen molar-refractivity contribution in [2.75, 3.05) is 5.32 Å². The first-order valence-corrected chi connectivity index (χ1v) is 10.2. The summed E-state index contributed by atoms with van der Waals surface area (Å²) in [4.78, 5) is 13.8. The number of hydrogen-bond donors (Lipinski definition) is 1. The molecule has 0 bridgehead atoms. The molecule has 3 heterocycles. The maximum absolute atomic E-state index is 13.5. The first-order valence-electron chi connectivity index (χ1n) is 10.2. The summed E-state index contributed by atoms with van der Waals surface area (Å²) in [6, 6.07) is 21.8. The van der Waals surface area contributed by atoms with Crippen molar-refractivity contribution in [3.8, 4) is 28.7 Å². The Morgan fingerprint density at radius 3 is 2.50 bits per heavy atom. The van der Waals surface area contributed by atoms with Crippen molar-refractivity contribution in [1.29, 1.82) is 0 Å². The summed E-state index contributed by atoms with van der Waals surface area (Å²) in [6.45, 7) is 2.06. The Morgan fingerprint density at radius 2 is 1.75 bits per heavy atom. The van der Waals surface area contributed by atoms with Gasteiger partial charge < -0.3 is 9.73 Å². The minimum absolute atomic E-state index is 0.0319. The number of aromatic nitrogens is 4. The third kappa shape index (κ3) is 4.00. The topological polar surface area (TPSA) is 68.8 Å². The fraction of sp³-hybridized carbons (Fsp3) is 0.0800. The van der Waals surface area contributed by atoms with Crippen LogP contribution in [0.25, 0.3) is 28.7 Å². The zero-order valence-corrected chi connectivity index (χ0v) is 17.3. The second-order valence-corrected chi connectivity index (χ2v) is 7.32. The van der Waals surface area contributed by atoms with Crippen LogP contribution in [0.4, 0.5) is 10.3 Å². The van der Waals surface area contributed by atoms with Crippen LogP contribution >= 0.6 is 0 Å². The van der Waals surface area contributed by atoms with E-state index in [0.717, 1.165) is 11.1 Å². The van der Waals surface area contributed by atoms with Gasteiger partial charge in [-0.25, -0.2) is 14.4 Å². The Bertz CT molecular complexity index is 1310. The smallest absolute Gasteiger partial charge is 0.225 e. The number of nitrogens with one attached hydrogen (secondary N) is 1. The predicted octanol–water partition coefficient (Wildman–Crippen LogP) is 5.90. The highest BCUT2D eigenvalue weighted by atomic mass is 19.1. The first-order chi connectivity index (χ1) is 15.7. The van der Waals surface area contributed by atoms with Crippen LogP contribution in [0.3, 0.4) is 0 Å². The van der Waals surface area contributed by atoms with E-state index in [9.17, 15) is 4.39 Å². The maximum atomic E-state index is 13.5. The summed E-state index contributed by atoms with van der Waals surface area (Å²) in [5.74, 6) is 2.08. The molecule has 5 rings (SSSR count). The van der Waals surface area contributed by atoms with Crippen LogP contribution in [0.5, 0.6) is 0 Å². The molecule has 7 heteroatoms. The molecule has 0 aliphatic carbocycles. The van der Waals surface area contributed by atoms with Gasteiger partial charge in [0.2, 0.25) is 5.95 Å². The number of furan rings is 1. The average molecular weight is 425 g/mol. The molecule has 0 fully saturated rings. The van der Waals surface area contributed by atoms with Gasteiger partial charge in [-0.15, -0.1) is 0 Å². The van der Waals surface area contributed by atoms with Crippen molar-refractivity contribution < 1.29 is 8.81 Å². The monoisotopic (exact) mass is 425 g/mol. The van der Waals surface area contributed by atoms with Crippen molar-refractivity contribution in [3.63, 3.8) is 0 Å². The highest BCUT2D eigenvalue weighted by Gasteiger charge is 2.16. The van der Waals surface area contributed by atoms with Crippen molar-refractivity contribution in [1.82, 2.24) is 19.5 Å². The zero-order valence-electron chi connectivity index (χ0n) is 17.3. The summed E-state index contributed by atoms with van der Waals surface area (Å²) in [5.41, 5.74) is 2.55. The van der Waals surface area contributed by atoms with Gasteiger partial charge in [0.05, 0.1) is 12.3 Å². The number of hydrogen-bond acceptors (Lipinski definition) is 5. The van der Waals surface area contributed by atoms with Crippen molar-refractivity contribution >= 4 is 5.95 Å². The van der Waals surface area contributed by atoms with E-state index in [1.165, 1.54) is 12.1 Å². The van der Waals surface area contributed by atoms with Gasteiger partial charge in [-0.2, -0.15) is 4.98 Å². The fourth-order valence-corrected chi connectivity index (χ4v) is 3.47. The van der Waals surface area contributed by atoms with Crippen LogP contribution in [-0.4, -0.2) is 19.5 Å². The van der Waals surface area contributed by atoms with E-state index in [0.29, 0.717) is 29.0 Å². The van der Waals surface area contributed by atoms with Crippen LogP contribution in [0.15, 0.2) is 95.9 Å². The molecule has 0 saturated carbocycles. The van der Waals surface area contributed by atoms with Crippen LogP contribution in [-0.2, 0) is 0 Å². The second kappa shape index (κ2) is 8.47. The molecule has 5 aromatic rings. The Morgan fingerprint density at radius 1 is 0.938 bits per heavy atom. The van der Waals surface area contributed by atoms with Crippen LogP contribution in [0.1, 0.15) is 18.5 Å². The lowest BCUT2D eigenvalue weighted by molar-refractivity contribution is 0.580. The molecule has 0 aliphatic heterocycles. The zero-order chi connectivity index (χ0) is 21.9. The SMILES string of the molecule is C[C@H](Nc1nccc(-n2cc(-c3ccco3)nc2-c2ccc(F)cc2)n1)c1ccccc1. The van der Waals surface area contributed by atoms with E-state index < -0.39 is 0 Å².